The molecule has 0 saturated heterocycles. The van der Waals surface area contributed by atoms with Gasteiger partial charge in [-0.2, -0.15) is 0 Å². The van der Waals surface area contributed by atoms with Crippen LogP contribution in [0.4, 0.5) is 4.79 Å². The van der Waals surface area contributed by atoms with Gasteiger partial charge >= 0.3 is 6.09 Å². The van der Waals surface area contributed by atoms with Crippen molar-refractivity contribution in [3.05, 3.63) is 114 Å². The molecule has 1 aliphatic heterocycles. The molecule has 0 radical (unpaired) electrons. The molecule has 4 aromatic carbocycles. The van der Waals surface area contributed by atoms with E-state index in [0.29, 0.717) is 39.7 Å². The molecule has 1 aliphatic rings. The summed E-state index contributed by atoms with van der Waals surface area (Å²) in [6, 6.07) is 29.8. The smallest absolute Gasteiger partial charge is 0.407 e. The van der Waals surface area contributed by atoms with Crippen LogP contribution in [0.15, 0.2) is 102 Å². The fourth-order valence-electron chi connectivity index (χ4n) is 4.59. The number of alkyl carbamates (subject to hydrolysis) is 1. The highest BCUT2D eigenvalue weighted by Gasteiger charge is 2.39. The summed E-state index contributed by atoms with van der Waals surface area (Å²) >= 11 is 1.27. The molecule has 0 aliphatic carbocycles. The van der Waals surface area contributed by atoms with E-state index in [4.69, 9.17) is 14.2 Å². The van der Waals surface area contributed by atoms with Crippen LogP contribution in [0.1, 0.15) is 47.1 Å². The number of thioether (sulfide) groups is 1. The molecule has 43 heavy (non-hydrogen) atoms. The fourth-order valence-corrected chi connectivity index (χ4v) is 5.83. The van der Waals surface area contributed by atoms with E-state index in [9.17, 15) is 14.4 Å². The van der Waals surface area contributed by atoms with Crippen LogP contribution in [0.2, 0.25) is 0 Å². The third kappa shape index (κ3) is 7.64. The third-order valence-corrected chi connectivity index (χ3v) is 7.79. The number of ether oxygens (including phenoxy) is 3. The van der Waals surface area contributed by atoms with Gasteiger partial charge in [0.1, 0.15) is 35.6 Å². The Morgan fingerprint density at radius 2 is 1.51 bits per heavy atom. The Morgan fingerprint density at radius 1 is 0.837 bits per heavy atom. The standard InChI is InChI=1S/C35H33NO6S/c1-35(2,3)42-34(39)36-18-19-40-26-16-14-24(15-17-26)28-20-27(41-22-23-10-6-4-7-11-23)21-29-30(28)32(38)33(43-29)31(37)25-12-8-5-9-13-25/h4-17,20-21,33H,18-19,22H2,1-3H3,(H,36,39). The van der Waals surface area contributed by atoms with Gasteiger partial charge in [-0.1, -0.05) is 72.8 Å². The van der Waals surface area contributed by atoms with E-state index in [0.717, 1.165) is 11.1 Å². The van der Waals surface area contributed by atoms with Crippen molar-refractivity contribution in [2.24, 2.45) is 0 Å². The Kier molecular flexibility index (Phi) is 9.16. The average molecular weight is 596 g/mol. The van der Waals surface area contributed by atoms with E-state index in [-0.39, 0.29) is 24.7 Å². The van der Waals surface area contributed by atoms with Crippen LogP contribution in [-0.2, 0) is 11.3 Å². The van der Waals surface area contributed by atoms with Crippen molar-refractivity contribution in [3.63, 3.8) is 0 Å². The average Bonchev–Trinajstić information content (AvgIpc) is 3.34. The second-order valence-corrected chi connectivity index (χ2v) is 12.2. The number of benzene rings is 4. The van der Waals surface area contributed by atoms with Gasteiger partial charge in [-0.25, -0.2) is 4.79 Å². The molecule has 0 aromatic heterocycles. The molecule has 220 valence electrons. The maximum atomic E-state index is 13.7. The van der Waals surface area contributed by atoms with Gasteiger partial charge in [-0.05, 0) is 61.7 Å². The molecule has 8 heteroatoms. The van der Waals surface area contributed by atoms with Crippen LogP contribution in [0.5, 0.6) is 11.5 Å². The van der Waals surface area contributed by atoms with Crippen molar-refractivity contribution in [1.29, 1.82) is 0 Å². The molecular formula is C35H33NO6S. The second kappa shape index (κ2) is 13.2. The zero-order valence-corrected chi connectivity index (χ0v) is 25.1. The Morgan fingerprint density at radius 3 is 2.19 bits per heavy atom. The lowest BCUT2D eigenvalue weighted by molar-refractivity contribution is 0.0520. The lowest BCUT2D eigenvalue weighted by Crippen LogP contribution is -2.34. The lowest BCUT2D eigenvalue weighted by Gasteiger charge is -2.19. The quantitative estimate of drug-likeness (QED) is 0.116. The van der Waals surface area contributed by atoms with Crippen LogP contribution >= 0.6 is 11.8 Å². The molecule has 1 heterocycles. The number of hydrogen-bond acceptors (Lipinski definition) is 7. The highest BCUT2D eigenvalue weighted by Crippen LogP contribution is 2.45. The zero-order chi connectivity index (χ0) is 30.4. The van der Waals surface area contributed by atoms with Gasteiger partial charge in [0, 0.05) is 16.0 Å². The number of carbonyl (C=O) groups is 3. The minimum Gasteiger partial charge on any atom is -0.492 e. The van der Waals surface area contributed by atoms with Gasteiger partial charge in [0.2, 0.25) is 0 Å². The number of fused-ring (bicyclic) bond motifs is 1. The molecule has 1 amide bonds. The first-order valence-electron chi connectivity index (χ1n) is 14.0. The monoisotopic (exact) mass is 595 g/mol. The van der Waals surface area contributed by atoms with Crippen LogP contribution < -0.4 is 14.8 Å². The van der Waals surface area contributed by atoms with E-state index < -0.39 is 16.9 Å². The van der Waals surface area contributed by atoms with Crippen molar-refractivity contribution < 1.29 is 28.6 Å². The van der Waals surface area contributed by atoms with Crippen molar-refractivity contribution in [1.82, 2.24) is 5.32 Å². The molecule has 0 spiro atoms. The molecule has 1 unspecified atom stereocenters. The molecule has 1 N–H and O–H groups in total. The van der Waals surface area contributed by atoms with Crippen LogP contribution in [0, 0.1) is 0 Å². The predicted molar refractivity (Wildman–Crippen MR) is 167 cm³/mol. The first kappa shape index (κ1) is 29.9. The minimum atomic E-state index is -0.861. The highest BCUT2D eigenvalue weighted by molar-refractivity contribution is 8.02. The first-order chi connectivity index (χ1) is 20.7. The largest absolute Gasteiger partial charge is 0.492 e. The van der Waals surface area contributed by atoms with E-state index in [1.54, 1.807) is 45.0 Å². The van der Waals surface area contributed by atoms with E-state index in [1.807, 2.05) is 72.8 Å². The van der Waals surface area contributed by atoms with Gasteiger partial charge < -0.3 is 19.5 Å². The molecule has 5 rings (SSSR count). The zero-order valence-electron chi connectivity index (χ0n) is 24.3. The summed E-state index contributed by atoms with van der Waals surface area (Å²) in [5.41, 5.74) is 2.96. The topological polar surface area (TPSA) is 90.9 Å². The number of carbonyl (C=O) groups excluding carboxylic acids is 3. The molecule has 1 atom stereocenters. The molecular weight excluding hydrogens is 562 g/mol. The molecule has 0 bridgehead atoms. The number of Topliss-reactive ketones (excluding diaryl/α,β-unsaturated/α-hetero) is 2. The van der Waals surface area contributed by atoms with E-state index in [2.05, 4.69) is 5.32 Å². The number of ketones is 2. The van der Waals surface area contributed by atoms with Crippen LogP contribution in [0.3, 0.4) is 0 Å². The lowest BCUT2D eigenvalue weighted by atomic mass is 9.93. The maximum absolute atomic E-state index is 13.7. The SMILES string of the molecule is CC(C)(C)OC(=O)NCCOc1ccc(-c2cc(OCc3ccccc3)cc3c2C(=O)C(C(=O)c2ccccc2)S3)cc1. The predicted octanol–water partition coefficient (Wildman–Crippen LogP) is 7.38. The first-order valence-corrected chi connectivity index (χ1v) is 14.9. The molecule has 4 aromatic rings. The van der Waals surface area contributed by atoms with Crippen molar-refractivity contribution >= 4 is 29.4 Å². The fraction of sp³-hybridized carbons (Fsp3) is 0.229. The maximum Gasteiger partial charge on any atom is 0.407 e. The van der Waals surface area contributed by atoms with Gasteiger partial charge in [0.25, 0.3) is 0 Å². The van der Waals surface area contributed by atoms with Gasteiger partial charge in [0.15, 0.2) is 11.6 Å². The summed E-state index contributed by atoms with van der Waals surface area (Å²) in [7, 11) is 0. The Balaban J connectivity index is 1.35. The highest BCUT2D eigenvalue weighted by atomic mass is 32.2. The van der Waals surface area contributed by atoms with Crippen molar-refractivity contribution in [2.75, 3.05) is 13.2 Å². The van der Waals surface area contributed by atoms with Crippen LogP contribution in [-0.4, -0.2) is 41.7 Å². The van der Waals surface area contributed by atoms with E-state index >= 15 is 0 Å². The van der Waals surface area contributed by atoms with Crippen LogP contribution in [0.25, 0.3) is 11.1 Å². The summed E-state index contributed by atoms with van der Waals surface area (Å²) in [4.78, 5) is 39.6. The summed E-state index contributed by atoms with van der Waals surface area (Å²) in [5.74, 6) is 0.792. The number of rotatable bonds is 10. The van der Waals surface area contributed by atoms with E-state index in [1.165, 1.54) is 11.8 Å². The number of amides is 1. The normalized spacial score (nSPS) is 14.1. The van der Waals surface area contributed by atoms with Crippen molar-refractivity contribution in [2.45, 2.75) is 43.1 Å². The third-order valence-electron chi connectivity index (χ3n) is 6.55. The van der Waals surface area contributed by atoms with Gasteiger partial charge in [-0.15, -0.1) is 11.8 Å². The Bertz CT molecular complexity index is 1600. The van der Waals surface area contributed by atoms with Crippen molar-refractivity contribution in [3.8, 4) is 22.6 Å². The molecule has 0 fully saturated rings. The molecule has 7 nitrogen and oxygen atoms in total. The summed E-state index contributed by atoms with van der Waals surface area (Å²) in [6.07, 6.45) is -0.499. The Hall–Kier alpha value is -4.56. The van der Waals surface area contributed by atoms with Gasteiger partial charge in [-0.3, -0.25) is 9.59 Å². The number of nitrogens with one attached hydrogen (secondary N) is 1. The minimum absolute atomic E-state index is 0.215. The Labute approximate surface area is 255 Å². The second-order valence-electron chi connectivity index (χ2n) is 11.0. The number of hydrogen-bond donors (Lipinski definition) is 1. The summed E-state index contributed by atoms with van der Waals surface area (Å²) < 4.78 is 17.2. The summed E-state index contributed by atoms with van der Waals surface area (Å²) in [5, 5.41) is 1.81. The van der Waals surface area contributed by atoms with Gasteiger partial charge in [0.05, 0.1) is 6.54 Å². The molecule has 0 saturated carbocycles. The summed E-state index contributed by atoms with van der Waals surface area (Å²) in [6.45, 7) is 6.33.